The summed E-state index contributed by atoms with van der Waals surface area (Å²) >= 11 is 0. The fourth-order valence-electron chi connectivity index (χ4n) is 5.23. The van der Waals surface area contributed by atoms with Gasteiger partial charge in [-0.3, -0.25) is 9.69 Å². The Hall–Kier alpha value is -3.64. The van der Waals surface area contributed by atoms with Crippen LogP contribution in [0.4, 0.5) is 4.79 Å². The van der Waals surface area contributed by atoms with E-state index in [4.69, 9.17) is 9.47 Å². The van der Waals surface area contributed by atoms with E-state index in [-0.39, 0.29) is 19.6 Å². The molecule has 6 nitrogen and oxygen atoms in total. The van der Waals surface area contributed by atoms with Crippen LogP contribution in [-0.4, -0.2) is 47.4 Å². The van der Waals surface area contributed by atoms with Gasteiger partial charge >= 0.3 is 12.1 Å². The number of amides is 1. The third-order valence-electron chi connectivity index (χ3n) is 6.51. The van der Waals surface area contributed by atoms with Gasteiger partial charge < -0.3 is 14.6 Å². The summed E-state index contributed by atoms with van der Waals surface area (Å²) in [6.45, 7) is 1.93. The van der Waals surface area contributed by atoms with Gasteiger partial charge in [0.15, 0.2) is 0 Å². The molecule has 5 rings (SSSR count). The Labute approximate surface area is 192 Å². The Morgan fingerprint density at radius 3 is 2.21 bits per heavy atom. The minimum atomic E-state index is -1.14. The summed E-state index contributed by atoms with van der Waals surface area (Å²) in [5.41, 5.74) is 3.79. The van der Waals surface area contributed by atoms with Crippen molar-refractivity contribution in [2.75, 3.05) is 13.2 Å². The number of fused-ring (bicyclic) bond motifs is 3. The Morgan fingerprint density at radius 1 is 1.03 bits per heavy atom. The van der Waals surface area contributed by atoms with Gasteiger partial charge in [-0.05, 0) is 34.7 Å². The molecule has 0 spiro atoms. The zero-order valence-electron chi connectivity index (χ0n) is 18.3. The van der Waals surface area contributed by atoms with Crippen LogP contribution in [0.15, 0.2) is 78.9 Å². The topological polar surface area (TPSA) is 76.1 Å². The van der Waals surface area contributed by atoms with Gasteiger partial charge in [0.1, 0.15) is 12.1 Å². The Morgan fingerprint density at radius 2 is 1.61 bits per heavy atom. The highest BCUT2D eigenvalue weighted by Gasteiger charge is 2.57. The molecule has 0 unspecified atom stereocenters. The lowest BCUT2D eigenvalue weighted by molar-refractivity contribution is -0.146. The van der Waals surface area contributed by atoms with Gasteiger partial charge in [0, 0.05) is 0 Å². The molecule has 2 atom stereocenters. The average molecular weight is 443 g/mol. The van der Waals surface area contributed by atoms with E-state index >= 15 is 0 Å². The van der Waals surface area contributed by atoms with E-state index in [9.17, 15) is 14.7 Å². The fourth-order valence-corrected chi connectivity index (χ4v) is 5.23. The maximum Gasteiger partial charge on any atom is 0.411 e. The van der Waals surface area contributed by atoms with Crippen LogP contribution in [0.3, 0.4) is 0 Å². The van der Waals surface area contributed by atoms with Crippen LogP contribution in [0, 0.1) is 0 Å². The van der Waals surface area contributed by atoms with E-state index < -0.39 is 29.7 Å². The average Bonchev–Trinajstić information content (AvgIpc) is 3.36. The standard InChI is InChI=1S/C27H25NO5/c1-2-32-25(30)16-24(29)23-17-33-26(31)28(23)27(18-10-4-3-5-11-18)21-14-8-6-12-19(21)20-13-7-9-15-22(20)27/h3-15,23-24,29H,2,16-17H2,1H3/t23-,24-/m0/s1. The van der Waals surface area contributed by atoms with E-state index in [1.807, 2.05) is 78.9 Å². The highest BCUT2D eigenvalue weighted by Crippen LogP contribution is 2.55. The van der Waals surface area contributed by atoms with Crippen LogP contribution in [0.5, 0.6) is 0 Å². The zero-order chi connectivity index (χ0) is 23.0. The molecule has 0 radical (unpaired) electrons. The van der Waals surface area contributed by atoms with Crippen molar-refractivity contribution in [2.45, 2.75) is 31.0 Å². The van der Waals surface area contributed by atoms with Gasteiger partial charge in [0.25, 0.3) is 0 Å². The number of benzene rings is 3. The molecule has 1 saturated heterocycles. The van der Waals surface area contributed by atoms with Crippen molar-refractivity contribution in [3.63, 3.8) is 0 Å². The number of hydrogen-bond donors (Lipinski definition) is 1. The van der Waals surface area contributed by atoms with Crippen molar-refractivity contribution >= 4 is 12.1 Å². The molecule has 2 aliphatic rings. The molecule has 33 heavy (non-hydrogen) atoms. The normalized spacial score (nSPS) is 18.9. The van der Waals surface area contributed by atoms with Crippen molar-refractivity contribution in [2.24, 2.45) is 0 Å². The predicted octanol–water partition coefficient (Wildman–Crippen LogP) is 4.09. The fraction of sp³-hybridized carbons (Fsp3) is 0.259. The number of ether oxygens (including phenoxy) is 2. The van der Waals surface area contributed by atoms with Crippen LogP contribution >= 0.6 is 0 Å². The van der Waals surface area contributed by atoms with Crippen LogP contribution in [0.2, 0.25) is 0 Å². The molecule has 0 bridgehead atoms. The van der Waals surface area contributed by atoms with Crippen molar-refractivity contribution in [3.05, 3.63) is 95.6 Å². The number of nitrogens with zero attached hydrogens (tertiary/aromatic N) is 1. The second kappa shape index (κ2) is 8.37. The van der Waals surface area contributed by atoms with Crippen LogP contribution in [0.1, 0.15) is 30.0 Å². The molecule has 6 heteroatoms. The molecule has 3 aromatic carbocycles. The monoisotopic (exact) mass is 443 g/mol. The van der Waals surface area contributed by atoms with Gasteiger partial charge in [-0.2, -0.15) is 0 Å². The van der Waals surface area contributed by atoms with E-state index in [2.05, 4.69) is 0 Å². The smallest absolute Gasteiger partial charge is 0.411 e. The minimum absolute atomic E-state index is 0.0156. The second-order valence-electron chi connectivity index (χ2n) is 8.26. The highest BCUT2D eigenvalue weighted by atomic mass is 16.6. The van der Waals surface area contributed by atoms with E-state index in [0.717, 1.165) is 27.8 Å². The van der Waals surface area contributed by atoms with E-state index in [1.165, 1.54) is 0 Å². The molecule has 1 heterocycles. The van der Waals surface area contributed by atoms with Gasteiger partial charge in [-0.25, -0.2) is 4.79 Å². The lowest BCUT2D eigenvalue weighted by atomic mass is 9.78. The van der Waals surface area contributed by atoms with Gasteiger partial charge in [-0.15, -0.1) is 0 Å². The molecule has 3 aromatic rings. The number of aliphatic hydroxyl groups excluding tert-OH is 1. The number of carbonyl (C=O) groups excluding carboxylic acids is 2. The van der Waals surface area contributed by atoms with Crippen LogP contribution in [-0.2, 0) is 19.8 Å². The van der Waals surface area contributed by atoms with Gasteiger partial charge in [0.05, 0.1) is 25.2 Å². The molecule has 0 saturated carbocycles. The first-order valence-electron chi connectivity index (χ1n) is 11.1. The first-order chi connectivity index (χ1) is 16.1. The first kappa shape index (κ1) is 21.2. The Balaban J connectivity index is 1.74. The third-order valence-corrected chi connectivity index (χ3v) is 6.51. The van der Waals surface area contributed by atoms with Crippen LogP contribution < -0.4 is 0 Å². The summed E-state index contributed by atoms with van der Waals surface area (Å²) in [6.07, 6.45) is -1.89. The molecule has 1 N–H and O–H groups in total. The maximum absolute atomic E-state index is 13.4. The number of carbonyl (C=O) groups is 2. The lowest BCUT2D eigenvalue weighted by Gasteiger charge is -2.43. The number of aliphatic hydroxyl groups is 1. The largest absolute Gasteiger partial charge is 0.466 e. The lowest BCUT2D eigenvalue weighted by Crippen LogP contribution is -2.55. The molecular formula is C27H25NO5. The zero-order valence-corrected chi connectivity index (χ0v) is 18.3. The molecular weight excluding hydrogens is 418 g/mol. The van der Waals surface area contributed by atoms with E-state index in [0.29, 0.717) is 0 Å². The molecule has 1 amide bonds. The summed E-state index contributed by atoms with van der Waals surface area (Å²) in [6, 6.07) is 25.0. The Kier molecular flexibility index (Phi) is 5.38. The minimum Gasteiger partial charge on any atom is -0.466 e. The van der Waals surface area contributed by atoms with Crippen molar-refractivity contribution in [1.29, 1.82) is 0 Å². The van der Waals surface area contributed by atoms with E-state index in [1.54, 1.807) is 11.8 Å². The molecule has 1 aliphatic heterocycles. The van der Waals surface area contributed by atoms with Crippen molar-refractivity contribution in [1.82, 2.24) is 4.90 Å². The molecule has 1 aliphatic carbocycles. The predicted molar refractivity (Wildman–Crippen MR) is 122 cm³/mol. The van der Waals surface area contributed by atoms with Gasteiger partial charge in [-0.1, -0.05) is 78.9 Å². The summed E-state index contributed by atoms with van der Waals surface area (Å²) in [4.78, 5) is 27.1. The Bertz CT molecular complexity index is 1150. The third kappa shape index (κ3) is 3.21. The number of esters is 1. The summed E-state index contributed by atoms with van der Waals surface area (Å²) in [7, 11) is 0. The number of cyclic esters (lactones) is 1. The second-order valence-corrected chi connectivity index (χ2v) is 8.26. The summed E-state index contributed by atoms with van der Waals surface area (Å²) < 4.78 is 10.5. The quantitative estimate of drug-likeness (QED) is 0.581. The van der Waals surface area contributed by atoms with Crippen molar-refractivity contribution < 1.29 is 24.2 Å². The highest BCUT2D eigenvalue weighted by molar-refractivity contribution is 5.87. The number of rotatable bonds is 6. The molecule has 0 aromatic heterocycles. The number of hydrogen-bond acceptors (Lipinski definition) is 5. The SMILES string of the molecule is CCOC(=O)C[C@H](O)[C@@H]1COC(=O)N1C1(c2ccccc2)c2ccccc2-c2ccccc21. The summed E-state index contributed by atoms with van der Waals surface area (Å²) in [5.74, 6) is -0.509. The summed E-state index contributed by atoms with van der Waals surface area (Å²) in [5, 5.41) is 11.1. The molecule has 168 valence electrons. The van der Waals surface area contributed by atoms with Crippen molar-refractivity contribution in [3.8, 4) is 11.1 Å². The maximum atomic E-state index is 13.4. The van der Waals surface area contributed by atoms with Crippen LogP contribution in [0.25, 0.3) is 11.1 Å². The molecule has 1 fully saturated rings. The van der Waals surface area contributed by atoms with Gasteiger partial charge in [0.2, 0.25) is 0 Å². The first-order valence-corrected chi connectivity index (χ1v) is 11.1.